The Hall–Kier alpha value is -2.00. The number of nitrogens with one attached hydrogen (secondary N) is 1. The monoisotopic (exact) mass is 260 g/mol. The Labute approximate surface area is 98.0 Å². The second kappa shape index (κ2) is 5.37. The lowest BCUT2D eigenvalue weighted by molar-refractivity contribution is 0.306. The Balaban J connectivity index is 2.73. The number of anilines is 1. The third-order valence-electron chi connectivity index (χ3n) is 1.61. The van der Waals surface area contributed by atoms with Crippen molar-refractivity contribution in [2.24, 2.45) is 16.0 Å². The fraction of sp³-hybridized carbons (Fsp3) is 0.125. The molecule has 0 aromatic heterocycles. The Morgan fingerprint density at radius 3 is 2.82 bits per heavy atom. The number of nitrogens with two attached hydrogens (primary N) is 2. The molecule has 0 aliphatic heterocycles. The predicted octanol–water partition coefficient (Wildman–Crippen LogP) is -0.573. The van der Waals surface area contributed by atoms with Gasteiger partial charge in [0.05, 0.1) is 5.69 Å². The van der Waals surface area contributed by atoms with Gasteiger partial charge >= 0.3 is 0 Å². The highest BCUT2D eigenvalue weighted by Gasteiger charge is 2.03. The second-order valence-electron chi connectivity index (χ2n) is 3.05. The first kappa shape index (κ1) is 13.1. The molecule has 0 fully saturated rings. The van der Waals surface area contributed by atoms with Crippen LogP contribution in [0, 0.1) is 0 Å². The number of benzene rings is 1. The molecule has 0 unspecified atom stereocenters. The van der Waals surface area contributed by atoms with Gasteiger partial charge in [0, 0.05) is 6.07 Å². The lowest BCUT2D eigenvalue weighted by Crippen LogP contribution is -2.22. The van der Waals surface area contributed by atoms with E-state index in [2.05, 4.69) is 9.88 Å². The van der Waals surface area contributed by atoms with Crippen molar-refractivity contribution < 1.29 is 18.4 Å². The van der Waals surface area contributed by atoms with Gasteiger partial charge in [0.15, 0.2) is 5.84 Å². The van der Waals surface area contributed by atoms with Crippen LogP contribution >= 0.6 is 0 Å². The van der Waals surface area contributed by atoms with Crippen LogP contribution in [0.5, 0.6) is 5.75 Å². The Bertz CT molecular complexity index is 514. The third-order valence-corrected chi connectivity index (χ3v) is 2.13. The van der Waals surface area contributed by atoms with Crippen molar-refractivity contribution in [1.82, 2.24) is 0 Å². The minimum Gasteiger partial charge on any atom is -0.485 e. The van der Waals surface area contributed by atoms with E-state index < -0.39 is 10.2 Å². The molecule has 0 aliphatic carbocycles. The number of amidine groups is 1. The maximum Gasteiger partial charge on any atom is 0.296 e. The van der Waals surface area contributed by atoms with E-state index in [0.29, 0.717) is 5.75 Å². The van der Waals surface area contributed by atoms with Gasteiger partial charge in [-0.1, -0.05) is 11.2 Å². The number of ether oxygens (including phenoxy) is 1. The zero-order chi connectivity index (χ0) is 12.9. The standard InChI is InChI=1S/C8H12N4O4S/c9-8(11-13)5-16-7-3-1-2-6(4-7)12-17(10,14)15/h1-4,12-13H,5H2,(H2,9,11)(H2,10,14,15). The topological polar surface area (TPSA) is 140 Å². The van der Waals surface area contributed by atoms with Crippen molar-refractivity contribution >= 4 is 21.7 Å². The average Bonchev–Trinajstić information content (AvgIpc) is 2.24. The summed E-state index contributed by atoms with van der Waals surface area (Å²) < 4.78 is 28.8. The highest BCUT2D eigenvalue weighted by molar-refractivity contribution is 7.90. The molecule has 0 heterocycles. The summed E-state index contributed by atoms with van der Waals surface area (Å²) in [6.45, 7) is -0.116. The first-order valence-corrected chi connectivity index (χ1v) is 5.95. The second-order valence-corrected chi connectivity index (χ2v) is 4.35. The number of nitrogens with zero attached hydrogens (tertiary/aromatic N) is 1. The van der Waals surface area contributed by atoms with Gasteiger partial charge in [-0.05, 0) is 12.1 Å². The van der Waals surface area contributed by atoms with Crippen molar-refractivity contribution in [3.63, 3.8) is 0 Å². The molecule has 0 saturated heterocycles. The highest BCUT2D eigenvalue weighted by atomic mass is 32.2. The quantitative estimate of drug-likeness (QED) is 0.243. The molecule has 94 valence electrons. The normalized spacial score (nSPS) is 12.2. The summed E-state index contributed by atoms with van der Waals surface area (Å²) in [6, 6.07) is 6.06. The van der Waals surface area contributed by atoms with Crippen LogP contribution in [0.3, 0.4) is 0 Å². The van der Waals surface area contributed by atoms with E-state index in [0.717, 1.165) is 0 Å². The van der Waals surface area contributed by atoms with Crippen LogP contribution < -0.4 is 20.3 Å². The van der Waals surface area contributed by atoms with Gasteiger partial charge in [-0.25, -0.2) is 5.14 Å². The maximum atomic E-state index is 10.8. The molecule has 0 radical (unpaired) electrons. The van der Waals surface area contributed by atoms with Gasteiger partial charge in [-0.2, -0.15) is 8.42 Å². The largest absolute Gasteiger partial charge is 0.485 e. The van der Waals surface area contributed by atoms with Crippen molar-refractivity contribution in [3.05, 3.63) is 24.3 Å². The number of oxime groups is 1. The van der Waals surface area contributed by atoms with Crippen LogP contribution in [-0.2, 0) is 10.2 Å². The molecule has 6 N–H and O–H groups in total. The molecule has 1 aromatic rings. The minimum atomic E-state index is -3.82. The molecule has 0 spiro atoms. The summed E-state index contributed by atoms with van der Waals surface area (Å²) in [6.07, 6.45) is 0. The van der Waals surface area contributed by atoms with Crippen LogP contribution in [0.1, 0.15) is 0 Å². The van der Waals surface area contributed by atoms with Crippen LogP contribution in [0.4, 0.5) is 5.69 Å². The van der Waals surface area contributed by atoms with Gasteiger partial charge in [-0.3, -0.25) is 4.72 Å². The van der Waals surface area contributed by atoms with Gasteiger partial charge in [0.2, 0.25) is 0 Å². The van der Waals surface area contributed by atoms with Crippen LogP contribution in [-0.4, -0.2) is 26.1 Å². The molecule has 0 atom stereocenters. The average molecular weight is 260 g/mol. The third kappa shape index (κ3) is 5.04. The number of rotatable bonds is 5. The molecular weight excluding hydrogens is 248 g/mol. The molecule has 0 amide bonds. The van der Waals surface area contributed by atoms with Crippen molar-refractivity contribution in [1.29, 1.82) is 0 Å². The summed E-state index contributed by atoms with van der Waals surface area (Å²) in [5.41, 5.74) is 5.46. The zero-order valence-electron chi connectivity index (χ0n) is 8.70. The number of hydrogen-bond acceptors (Lipinski definition) is 5. The Morgan fingerprint density at radius 1 is 1.53 bits per heavy atom. The summed E-state index contributed by atoms with van der Waals surface area (Å²) in [4.78, 5) is 0. The molecule has 17 heavy (non-hydrogen) atoms. The van der Waals surface area contributed by atoms with Gasteiger partial charge < -0.3 is 15.7 Å². The molecule has 1 rings (SSSR count). The highest BCUT2D eigenvalue weighted by Crippen LogP contribution is 2.17. The van der Waals surface area contributed by atoms with Gasteiger partial charge in [0.25, 0.3) is 10.2 Å². The maximum absolute atomic E-state index is 10.8. The summed E-state index contributed by atoms with van der Waals surface area (Å²) in [5, 5.41) is 15.8. The molecule has 9 heteroatoms. The van der Waals surface area contributed by atoms with Crippen LogP contribution in [0.2, 0.25) is 0 Å². The van der Waals surface area contributed by atoms with Crippen LogP contribution in [0.15, 0.2) is 29.4 Å². The SMILES string of the molecule is N/C(COc1cccc(NS(N)(=O)=O)c1)=N/O. The van der Waals surface area contributed by atoms with E-state index in [4.69, 9.17) is 20.8 Å². The van der Waals surface area contributed by atoms with Crippen LogP contribution in [0.25, 0.3) is 0 Å². The predicted molar refractivity (Wildman–Crippen MR) is 62.1 cm³/mol. The Kier molecular flexibility index (Phi) is 4.12. The summed E-state index contributed by atoms with van der Waals surface area (Å²) >= 11 is 0. The van der Waals surface area contributed by atoms with Crippen molar-refractivity contribution in [2.45, 2.75) is 0 Å². The molecule has 1 aromatic carbocycles. The first-order valence-electron chi connectivity index (χ1n) is 4.40. The minimum absolute atomic E-state index is 0.102. The van der Waals surface area contributed by atoms with E-state index in [9.17, 15) is 8.42 Å². The van der Waals surface area contributed by atoms with E-state index >= 15 is 0 Å². The molecule has 0 bridgehead atoms. The number of hydrogen-bond donors (Lipinski definition) is 4. The van der Waals surface area contributed by atoms with Crippen molar-refractivity contribution in [2.75, 3.05) is 11.3 Å². The molecule has 0 aliphatic rings. The summed E-state index contributed by atoms with van der Waals surface area (Å²) in [5.74, 6) is 0.250. The van der Waals surface area contributed by atoms with Crippen molar-refractivity contribution in [3.8, 4) is 5.75 Å². The lowest BCUT2D eigenvalue weighted by Gasteiger charge is -2.07. The summed E-state index contributed by atoms with van der Waals surface area (Å²) in [7, 11) is -3.82. The fourth-order valence-corrected chi connectivity index (χ4v) is 1.46. The molecular formula is C8H12N4O4S. The smallest absolute Gasteiger partial charge is 0.296 e. The first-order chi connectivity index (χ1) is 7.90. The van der Waals surface area contributed by atoms with Gasteiger partial charge in [0.1, 0.15) is 12.4 Å². The van der Waals surface area contributed by atoms with E-state index in [1.165, 1.54) is 12.1 Å². The molecule has 0 saturated carbocycles. The van der Waals surface area contributed by atoms with E-state index in [1.54, 1.807) is 12.1 Å². The molecule has 8 nitrogen and oxygen atoms in total. The van der Waals surface area contributed by atoms with Gasteiger partial charge in [-0.15, -0.1) is 0 Å². The lowest BCUT2D eigenvalue weighted by atomic mass is 10.3. The Morgan fingerprint density at radius 2 is 2.24 bits per heavy atom. The van der Waals surface area contributed by atoms with E-state index in [1.807, 2.05) is 0 Å². The van der Waals surface area contributed by atoms with E-state index in [-0.39, 0.29) is 18.1 Å². The zero-order valence-corrected chi connectivity index (χ0v) is 9.52. The fourth-order valence-electron chi connectivity index (χ4n) is 1.000.